The summed E-state index contributed by atoms with van der Waals surface area (Å²) in [7, 11) is 1.65. The van der Waals surface area contributed by atoms with Crippen LogP contribution in [0.25, 0.3) is 0 Å². The van der Waals surface area contributed by atoms with Gasteiger partial charge in [-0.2, -0.15) is 0 Å². The second-order valence-electron chi connectivity index (χ2n) is 10.1. The lowest BCUT2D eigenvalue weighted by Gasteiger charge is -2.32. The zero-order valence-corrected chi connectivity index (χ0v) is 20.6. The molecule has 1 saturated heterocycles. The number of piperidine rings is 1. The van der Waals surface area contributed by atoms with E-state index in [-0.39, 0.29) is 23.8 Å². The van der Waals surface area contributed by atoms with E-state index in [0.29, 0.717) is 50.7 Å². The Kier molecular flexibility index (Phi) is 7.37. The van der Waals surface area contributed by atoms with Crippen LogP contribution in [0.1, 0.15) is 72.8 Å². The number of nitrogens with zero attached hydrogens (tertiary/aromatic N) is 3. The summed E-state index contributed by atoms with van der Waals surface area (Å²) >= 11 is 0. The number of nitrogens with one attached hydrogen (secondary N) is 1. The number of hydrogen-bond acceptors (Lipinski definition) is 5. The van der Waals surface area contributed by atoms with Gasteiger partial charge in [0.25, 0.3) is 5.91 Å². The van der Waals surface area contributed by atoms with Crippen molar-refractivity contribution in [1.82, 2.24) is 19.8 Å². The number of ether oxygens (including phenoxy) is 2. The lowest BCUT2D eigenvalue weighted by Crippen LogP contribution is -2.44. The fourth-order valence-corrected chi connectivity index (χ4v) is 5.60. The van der Waals surface area contributed by atoms with E-state index in [1.807, 2.05) is 33.7 Å². The fraction of sp³-hybridized carbons (Fsp3) is 0.593. The maximum Gasteiger partial charge on any atom is 0.274 e. The first-order valence-corrected chi connectivity index (χ1v) is 13.0. The average Bonchev–Trinajstić information content (AvgIpc) is 3.35. The van der Waals surface area contributed by atoms with E-state index in [2.05, 4.69) is 10.3 Å². The zero-order chi connectivity index (χ0) is 24.2. The van der Waals surface area contributed by atoms with Gasteiger partial charge in [0.2, 0.25) is 5.91 Å². The molecular formula is C27H36N4O4. The number of likely N-dealkylation sites (tertiary alicyclic amines) is 1. The van der Waals surface area contributed by atoms with Crippen molar-refractivity contribution in [3.05, 3.63) is 47.5 Å². The summed E-state index contributed by atoms with van der Waals surface area (Å²) < 4.78 is 13.4. The van der Waals surface area contributed by atoms with Crippen molar-refractivity contribution in [2.45, 2.75) is 64.2 Å². The van der Waals surface area contributed by atoms with Crippen LogP contribution in [0.2, 0.25) is 0 Å². The van der Waals surface area contributed by atoms with Crippen LogP contribution < -0.4 is 10.1 Å². The van der Waals surface area contributed by atoms with E-state index in [9.17, 15) is 9.59 Å². The highest BCUT2D eigenvalue weighted by Gasteiger charge is 2.32. The summed E-state index contributed by atoms with van der Waals surface area (Å²) in [4.78, 5) is 32.2. The third-order valence-corrected chi connectivity index (χ3v) is 7.86. The molecule has 1 aromatic heterocycles. The van der Waals surface area contributed by atoms with Gasteiger partial charge in [0.05, 0.1) is 32.3 Å². The second-order valence-corrected chi connectivity index (χ2v) is 10.1. The van der Waals surface area contributed by atoms with E-state index < -0.39 is 0 Å². The quantitative estimate of drug-likeness (QED) is 0.681. The topological polar surface area (TPSA) is 85.7 Å². The molecule has 8 heteroatoms. The fourth-order valence-electron chi connectivity index (χ4n) is 5.60. The lowest BCUT2D eigenvalue weighted by molar-refractivity contribution is -0.126. The van der Waals surface area contributed by atoms with E-state index in [1.165, 1.54) is 32.1 Å². The largest absolute Gasteiger partial charge is 0.497 e. The first-order valence-electron chi connectivity index (χ1n) is 13.0. The van der Waals surface area contributed by atoms with Crippen molar-refractivity contribution in [2.24, 2.45) is 11.8 Å². The average molecular weight is 481 g/mol. The third kappa shape index (κ3) is 5.37. The molecule has 5 rings (SSSR count). The van der Waals surface area contributed by atoms with E-state index in [0.717, 1.165) is 23.6 Å². The number of benzene rings is 1. The molecular weight excluding hydrogens is 444 g/mol. The van der Waals surface area contributed by atoms with Gasteiger partial charge in [-0.05, 0) is 49.3 Å². The highest BCUT2D eigenvalue weighted by atomic mass is 16.5. The van der Waals surface area contributed by atoms with Crippen molar-refractivity contribution >= 4 is 11.8 Å². The van der Waals surface area contributed by atoms with E-state index in [1.54, 1.807) is 13.4 Å². The Balaban J connectivity index is 1.13. The number of imidazole rings is 1. The van der Waals surface area contributed by atoms with Crippen LogP contribution in [0.3, 0.4) is 0 Å². The lowest BCUT2D eigenvalue weighted by atomic mass is 9.89. The SMILES string of the molecule is COc1ccc(C2Cn3cnc(C(=O)N4CCC(C(=O)NCC5CCCCC5)CC4)c3CO2)cc1. The van der Waals surface area contributed by atoms with Crippen molar-refractivity contribution in [1.29, 1.82) is 0 Å². The molecule has 0 bridgehead atoms. The molecule has 3 aliphatic rings. The summed E-state index contributed by atoms with van der Waals surface area (Å²) in [6.45, 7) is 2.93. The Morgan fingerprint density at radius 3 is 2.54 bits per heavy atom. The highest BCUT2D eigenvalue weighted by molar-refractivity contribution is 5.93. The maximum absolute atomic E-state index is 13.2. The standard InChI is InChI=1S/C27H36N4O4/c1-34-22-9-7-20(8-10-22)24-16-31-18-29-25(23(31)17-35-24)27(33)30-13-11-21(12-14-30)26(32)28-15-19-5-3-2-4-6-19/h7-10,18-19,21,24H,2-6,11-17H2,1H3,(H,28,32). The maximum atomic E-state index is 13.2. The predicted molar refractivity (Wildman–Crippen MR) is 131 cm³/mol. The number of aromatic nitrogens is 2. The van der Waals surface area contributed by atoms with Crippen molar-refractivity contribution < 1.29 is 19.1 Å². The van der Waals surface area contributed by atoms with E-state index in [4.69, 9.17) is 9.47 Å². The number of fused-ring (bicyclic) bond motifs is 1. The zero-order valence-electron chi connectivity index (χ0n) is 20.6. The van der Waals surface area contributed by atoms with Gasteiger partial charge in [0, 0.05) is 25.6 Å². The van der Waals surface area contributed by atoms with Crippen LogP contribution in [0.4, 0.5) is 0 Å². The third-order valence-electron chi connectivity index (χ3n) is 7.86. The summed E-state index contributed by atoms with van der Waals surface area (Å²) in [5, 5.41) is 3.18. The van der Waals surface area contributed by atoms with Crippen LogP contribution in [-0.4, -0.2) is 53.0 Å². The molecule has 1 unspecified atom stereocenters. The van der Waals surface area contributed by atoms with Crippen molar-refractivity contribution in [3.8, 4) is 5.75 Å². The number of hydrogen-bond donors (Lipinski definition) is 1. The molecule has 1 saturated carbocycles. The molecule has 0 radical (unpaired) electrons. The minimum absolute atomic E-state index is 0.00728. The van der Waals surface area contributed by atoms with Gasteiger partial charge in [-0.1, -0.05) is 31.4 Å². The van der Waals surface area contributed by atoms with Gasteiger partial charge >= 0.3 is 0 Å². The predicted octanol–water partition coefficient (Wildman–Crippen LogP) is 3.71. The van der Waals surface area contributed by atoms with Crippen LogP contribution >= 0.6 is 0 Å². The number of carbonyl (C=O) groups excluding carboxylic acids is 2. The summed E-state index contributed by atoms with van der Waals surface area (Å²) in [6.07, 6.45) is 9.41. The molecule has 1 aromatic carbocycles. The molecule has 1 N–H and O–H groups in total. The summed E-state index contributed by atoms with van der Waals surface area (Å²) in [6, 6.07) is 7.87. The molecule has 2 aliphatic heterocycles. The highest BCUT2D eigenvalue weighted by Crippen LogP contribution is 2.30. The molecule has 2 fully saturated rings. The van der Waals surface area contributed by atoms with Crippen molar-refractivity contribution in [2.75, 3.05) is 26.7 Å². The molecule has 35 heavy (non-hydrogen) atoms. The van der Waals surface area contributed by atoms with Crippen LogP contribution in [0.5, 0.6) is 5.75 Å². The number of methoxy groups -OCH3 is 1. The number of rotatable bonds is 6. The molecule has 2 amide bonds. The molecule has 2 aromatic rings. The second kappa shape index (κ2) is 10.8. The van der Waals surface area contributed by atoms with Gasteiger partial charge in [0.15, 0.2) is 5.69 Å². The number of amides is 2. The van der Waals surface area contributed by atoms with Gasteiger partial charge in [-0.15, -0.1) is 0 Å². The van der Waals surface area contributed by atoms with Crippen molar-refractivity contribution in [3.63, 3.8) is 0 Å². The molecule has 8 nitrogen and oxygen atoms in total. The molecule has 3 heterocycles. The number of carbonyl (C=O) groups is 2. The smallest absolute Gasteiger partial charge is 0.274 e. The van der Waals surface area contributed by atoms with Crippen LogP contribution in [0.15, 0.2) is 30.6 Å². The van der Waals surface area contributed by atoms with Gasteiger partial charge in [-0.25, -0.2) is 4.98 Å². The Morgan fingerprint density at radius 1 is 1.09 bits per heavy atom. The van der Waals surface area contributed by atoms with Gasteiger partial charge in [0.1, 0.15) is 11.9 Å². The van der Waals surface area contributed by atoms with Gasteiger partial charge < -0.3 is 24.3 Å². The van der Waals surface area contributed by atoms with E-state index >= 15 is 0 Å². The minimum atomic E-state index is -0.0894. The summed E-state index contributed by atoms with van der Waals surface area (Å²) in [5.41, 5.74) is 2.37. The molecule has 1 aliphatic carbocycles. The molecule has 188 valence electrons. The minimum Gasteiger partial charge on any atom is -0.497 e. The first kappa shape index (κ1) is 23.9. The van der Waals surface area contributed by atoms with Crippen LogP contribution in [0, 0.1) is 11.8 Å². The monoisotopic (exact) mass is 480 g/mol. The summed E-state index contributed by atoms with van der Waals surface area (Å²) in [5.74, 6) is 1.53. The molecule has 0 spiro atoms. The normalized spacial score (nSPS) is 21.4. The Hall–Kier alpha value is -2.87. The van der Waals surface area contributed by atoms with Gasteiger partial charge in [-0.3, -0.25) is 9.59 Å². The first-order chi connectivity index (χ1) is 17.1. The van der Waals surface area contributed by atoms with Crippen LogP contribution in [-0.2, 0) is 22.7 Å². The Labute approximate surface area is 207 Å². The molecule has 1 atom stereocenters. The Bertz CT molecular complexity index is 1020. The Morgan fingerprint density at radius 2 is 1.83 bits per heavy atom.